The Morgan fingerprint density at radius 2 is 2.03 bits per heavy atom. The number of phenols is 1. The van der Waals surface area contributed by atoms with Gasteiger partial charge in [0.1, 0.15) is 28.8 Å². The van der Waals surface area contributed by atoms with Crippen molar-refractivity contribution in [3.8, 4) is 17.2 Å². The van der Waals surface area contributed by atoms with Gasteiger partial charge in [-0.25, -0.2) is 9.97 Å². The summed E-state index contributed by atoms with van der Waals surface area (Å²) in [5.74, 6) is 2.50. The van der Waals surface area contributed by atoms with E-state index in [1.807, 2.05) is 31.5 Å². The Bertz CT molecular complexity index is 1120. The van der Waals surface area contributed by atoms with Crippen LogP contribution in [-0.2, 0) is 4.74 Å². The van der Waals surface area contributed by atoms with Crippen LogP contribution in [0.2, 0.25) is 0 Å². The highest BCUT2D eigenvalue weighted by molar-refractivity contribution is 8.01. The molecule has 0 spiro atoms. The van der Waals surface area contributed by atoms with Gasteiger partial charge >= 0.3 is 0 Å². The van der Waals surface area contributed by atoms with Gasteiger partial charge in [-0.1, -0.05) is 32.1 Å². The molecule has 0 bridgehead atoms. The molecule has 33 heavy (non-hydrogen) atoms. The zero-order chi connectivity index (χ0) is 23.4. The predicted octanol–water partition coefficient (Wildman–Crippen LogP) is 4.00. The Kier molecular flexibility index (Phi) is 7.14. The number of ether oxygens (including phenoxy) is 2. The number of hydrogen-bond acceptors (Lipinski definition) is 9. The molecule has 1 aromatic carbocycles. The number of aryl methyl sites for hydroxylation is 1. The summed E-state index contributed by atoms with van der Waals surface area (Å²) in [5.41, 5.74) is 1.51. The van der Waals surface area contributed by atoms with Gasteiger partial charge in [-0.05, 0) is 36.6 Å². The average Bonchev–Trinajstić information content (AvgIpc) is 3.26. The monoisotopic (exact) mass is 468 g/mol. The highest BCUT2D eigenvalue weighted by Gasteiger charge is 2.27. The van der Waals surface area contributed by atoms with Crippen molar-refractivity contribution in [1.29, 1.82) is 0 Å². The van der Waals surface area contributed by atoms with E-state index in [2.05, 4.69) is 38.7 Å². The highest BCUT2D eigenvalue weighted by atomic mass is 32.2. The fourth-order valence-corrected chi connectivity index (χ4v) is 4.27. The van der Waals surface area contributed by atoms with Crippen LogP contribution in [0.1, 0.15) is 42.9 Å². The number of phenolic OH excluding ortho intramolecular Hbond substituents is 1. The Balaban J connectivity index is 1.64. The van der Waals surface area contributed by atoms with Gasteiger partial charge in [0, 0.05) is 23.6 Å². The fraction of sp³-hybridized carbons (Fsp3) is 0.391. The summed E-state index contributed by atoms with van der Waals surface area (Å²) in [5, 5.41) is 19.7. The van der Waals surface area contributed by atoms with Crippen LogP contribution in [0.5, 0.6) is 11.5 Å². The third-order valence-corrected chi connectivity index (χ3v) is 6.65. The first-order valence-electron chi connectivity index (χ1n) is 10.8. The number of aromatic hydroxyl groups is 1. The zero-order valence-corrected chi connectivity index (χ0v) is 19.9. The molecule has 0 amide bonds. The van der Waals surface area contributed by atoms with E-state index in [0.717, 1.165) is 11.4 Å². The third kappa shape index (κ3) is 4.96. The summed E-state index contributed by atoms with van der Waals surface area (Å²) in [6, 6.07) is 5.14. The number of para-hydroxylation sites is 1. The predicted molar refractivity (Wildman–Crippen MR) is 128 cm³/mol. The number of aromatic nitrogens is 5. The molecule has 3 unspecified atom stereocenters. The van der Waals surface area contributed by atoms with Gasteiger partial charge in [0.2, 0.25) is 5.95 Å². The molecule has 4 rings (SSSR count). The van der Waals surface area contributed by atoms with Crippen LogP contribution in [0.4, 0.5) is 5.95 Å². The maximum Gasteiger partial charge on any atom is 0.239 e. The Morgan fingerprint density at radius 3 is 2.73 bits per heavy atom. The number of nitrogens with zero attached hydrogens (tertiary/aromatic N) is 5. The molecule has 0 saturated carbocycles. The van der Waals surface area contributed by atoms with E-state index in [1.165, 1.54) is 11.9 Å². The second kappa shape index (κ2) is 10.2. The second-order valence-corrected chi connectivity index (χ2v) is 9.13. The molecule has 2 aromatic heterocycles. The first-order valence-corrected chi connectivity index (χ1v) is 11.6. The lowest BCUT2D eigenvalue weighted by Crippen LogP contribution is -2.17. The van der Waals surface area contributed by atoms with Crippen molar-refractivity contribution in [2.75, 3.05) is 25.0 Å². The van der Waals surface area contributed by atoms with Crippen molar-refractivity contribution < 1.29 is 14.6 Å². The lowest BCUT2D eigenvalue weighted by Gasteiger charge is -2.21. The summed E-state index contributed by atoms with van der Waals surface area (Å²) in [6.45, 7) is 7.22. The standard InChI is InChI=1S/C23H28N6O3S/c1-14-11-24-21(25-12-14)15(2)16(3)33-28-23-27-26-22(17-7-6-10-32-13-17)29(23)20-18(30)8-5-9-19(20)31-4/h5-9,11-12,15-17,30H,10,13H2,1-4H3,(H,27,28). The molecule has 0 saturated heterocycles. The quantitative estimate of drug-likeness (QED) is 0.375. The van der Waals surface area contributed by atoms with E-state index in [0.29, 0.717) is 36.4 Å². The Labute approximate surface area is 197 Å². The summed E-state index contributed by atoms with van der Waals surface area (Å²) in [4.78, 5) is 8.92. The van der Waals surface area contributed by atoms with Gasteiger partial charge in [-0.3, -0.25) is 9.29 Å². The summed E-state index contributed by atoms with van der Waals surface area (Å²) in [7, 11) is 1.57. The maximum atomic E-state index is 10.7. The van der Waals surface area contributed by atoms with Crippen LogP contribution in [0.3, 0.4) is 0 Å². The number of methoxy groups -OCH3 is 1. The average molecular weight is 469 g/mol. The minimum Gasteiger partial charge on any atom is -0.506 e. The number of anilines is 1. The molecular formula is C23H28N6O3S. The minimum atomic E-state index is -0.103. The molecule has 1 aliphatic rings. The van der Waals surface area contributed by atoms with Gasteiger partial charge < -0.3 is 14.6 Å². The molecule has 0 fully saturated rings. The van der Waals surface area contributed by atoms with Gasteiger partial charge in [-0.2, -0.15) is 0 Å². The largest absolute Gasteiger partial charge is 0.506 e. The molecule has 174 valence electrons. The van der Waals surface area contributed by atoms with Crippen LogP contribution in [0, 0.1) is 6.92 Å². The van der Waals surface area contributed by atoms with E-state index in [-0.39, 0.29) is 22.8 Å². The van der Waals surface area contributed by atoms with Crippen molar-refractivity contribution in [3.63, 3.8) is 0 Å². The van der Waals surface area contributed by atoms with Gasteiger partial charge in [0.05, 0.1) is 26.2 Å². The van der Waals surface area contributed by atoms with Gasteiger partial charge in [0.15, 0.2) is 0 Å². The lowest BCUT2D eigenvalue weighted by atomic mass is 10.1. The molecule has 9 nitrogen and oxygen atoms in total. The number of benzene rings is 1. The first-order chi connectivity index (χ1) is 16.0. The van der Waals surface area contributed by atoms with Gasteiger partial charge in [-0.15, -0.1) is 10.2 Å². The van der Waals surface area contributed by atoms with E-state index in [1.54, 1.807) is 29.9 Å². The molecule has 2 N–H and O–H groups in total. The fourth-order valence-electron chi connectivity index (χ4n) is 3.52. The topological polar surface area (TPSA) is 107 Å². The van der Waals surface area contributed by atoms with Crippen LogP contribution >= 0.6 is 11.9 Å². The van der Waals surface area contributed by atoms with Crippen LogP contribution in [0.15, 0.2) is 42.7 Å². The molecule has 3 atom stereocenters. The summed E-state index contributed by atoms with van der Waals surface area (Å²) >= 11 is 1.50. The summed E-state index contributed by atoms with van der Waals surface area (Å²) < 4.78 is 16.3. The second-order valence-electron chi connectivity index (χ2n) is 7.95. The Morgan fingerprint density at radius 1 is 1.24 bits per heavy atom. The first kappa shape index (κ1) is 23.1. The van der Waals surface area contributed by atoms with E-state index < -0.39 is 0 Å². The number of rotatable bonds is 8. The molecular weight excluding hydrogens is 440 g/mol. The number of hydrogen-bond donors (Lipinski definition) is 2. The molecule has 1 aliphatic heterocycles. The van der Waals surface area contributed by atoms with Gasteiger partial charge in [0.25, 0.3) is 0 Å². The minimum absolute atomic E-state index is 0.0682. The smallest absolute Gasteiger partial charge is 0.239 e. The van der Waals surface area contributed by atoms with Crippen LogP contribution < -0.4 is 9.46 Å². The normalized spacial score (nSPS) is 17.5. The van der Waals surface area contributed by atoms with Crippen LogP contribution in [0.25, 0.3) is 5.69 Å². The lowest BCUT2D eigenvalue weighted by molar-refractivity contribution is 0.143. The van der Waals surface area contributed by atoms with Crippen molar-refractivity contribution in [1.82, 2.24) is 24.7 Å². The molecule has 0 aliphatic carbocycles. The maximum absolute atomic E-state index is 10.7. The van der Waals surface area contributed by atoms with Crippen LogP contribution in [-0.4, -0.2) is 55.4 Å². The SMILES string of the molecule is COc1cccc(O)c1-n1c(NSC(C)C(C)c2ncc(C)cn2)nnc1C1C=CCOC1. The molecule has 3 heterocycles. The van der Waals surface area contributed by atoms with Crippen molar-refractivity contribution in [2.24, 2.45) is 0 Å². The number of nitrogens with one attached hydrogen (secondary N) is 1. The molecule has 0 radical (unpaired) electrons. The van der Waals surface area contributed by atoms with Crippen molar-refractivity contribution in [3.05, 3.63) is 60.0 Å². The van der Waals surface area contributed by atoms with Crippen molar-refractivity contribution in [2.45, 2.75) is 37.9 Å². The third-order valence-electron chi connectivity index (χ3n) is 5.57. The highest BCUT2D eigenvalue weighted by Crippen LogP contribution is 2.37. The van der Waals surface area contributed by atoms with E-state index in [4.69, 9.17) is 9.47 Å². The van der Waals surface area contributed by atoms with E-state index >= 15 is 0 Å². The van der Waals surface area contributed by atoms with Crippen molar-refractivity contribution >= 4 is 17.9 Å². The zero-order valence-electron chi connectivity index (χ0n) is 19.1. The molecule has 3 aromatic rings. The molecule has 10 heteroatoms. The summed E-state index contributed by atoms with van der Waals surface area (Å²) in [6.07, 6.45) is 7.67. The Hall–Kier alpha value is -3.11. The van der Waals surface area contributed by atoms with E-state index in [9.17, 15) is 5.11 Å².